The van der Waals surface area contributed by atoms with Gasteiger partial charge in [-0.25, -0.2) is 9.69 Å². The molecule has 29 heavy (non-hydrogen) atoms. The molecule has 1 fully saturated rings. The van der Waals surface area contributed by atoms with Crippen LogP contribution in [0.25, 0.3) is 0 Å². The van der Waals surface area contributed by atoms with Crippen molar-refractivity contribution in [2.75, 3.05) is 12.0 Å². The van der Waals surface area contributed by atoms with E-state index in [1.165, 1.54) is 31.4 Å². The van der Waals surface area contributed by atoms with Crippen LogP contribution < -0.4 is 20.3 Å². The van der Waals surface area contributed by atoms with Gasteiger partial charge in [0.1, 0.15) is 5.75 Å². The first-order valence-corrected chi connectivity index (χ1v) is 8.40. The van der Waals surface area contributed by atoms with E-state index in [4.69, 9.17) is 4.74 Å². The number of anilines is 1. The van der Waals surface area contributed by atoms with Gasteiger partial charge in [-0.15, -0.1) is 0 Å². The highest BCUT2D eigenvalue weighted by molar-refractivity contribution is 6.24. The van der Waals surface area contributed by atoms with Gasteiger partial charge in [0, 0.05) is 0 Å². The molecule has 2 N–H and O–H groups in total. The van der Waals surface area contributed by atoms with E-state index in [0.717, 1.165) is 0 Å². The number of hydrogen-bond acceptors (Lipinski definition) is 4. The molecule has 0 saturated carbocycles. The number of amides is 4. The molecule has 1 aliphatic heterocycles. The third-order valence-corrected chi connectivity index (χ3v) is 4.31. The van der Waals surface area contributed by atoms with Crippen molar-refractivity contribution < 1.29 is 32.3 Å². The van der Waals surface area contributed by atoms with Crippen molar-refractivity contribution in [1.29, 1.82) is 0 Å². The van der Waals surface area contributed by atoms with Gasteiger partial charge in [-0.2, -0.15) is 13.2 Å². The van der Waals surface area contributed by atoms with Gasteiger partial charge in [-0.3, -0.25) is 14.9 Å². The van der Waals surface area contributed by atoms with Gasteiger partial charge in [0.2, 0.25) is 5.91 Å². The Bertz CT molecular complexity index is 932. The summed E-state index contributed by atoms with van der Waals surface area (Å²) in [7, 11) is 1.39. The molecular formula is C19H16F3N3O4. The fraction of sp³-hybridized carbons (Fsp3) is 0.211. The minimum atomic E-state index is -5.27. The number of nitrogens with one attached hydrogen (secondary N) is 2. The molecule has 0 bridgehead atoms. The molecule has 0 aliphatic carbocycles. The van der Waals surface area contributed by atoms with E-state index < -0.39 is 36.1 Å². The summed E-state index contributed by atoms with van der Waals surface area (Å²) in [6.45, 7) is 0. The number of hydrogen-bond donors (Lipinski definition) is 2. The number of methoxy groups -OCH3 is 1. The Hall–Kier alpha value is -3.56. The molecule has 2 aromatic rings. The third-order valence-electron chi connectivity index (χ3n) is 4.31. The van der Waals surface area contributed by atoms with Crippen LogP contribution in [-0.4, -0.2) is 36.8 Å². The molecule has 0 aromatic heterocycles. The predicted molar refractivity (Wildman–Crippen MR) is 96.1 cm³/mol. The zero-order valence-corrected chi connectivity index (χ0v) is 15.1. The molecule has 1 saturated heterocycles. The molecule has 2 aromatic carbocycles. The summed E-state index contributed by atoms with van der Waals surface area (Å²) in [6, 6.07) is 12.0. The molecule has 0 unspecified atom stereocenters. The van der Waals surface area contributed by atoms with Crippen molar-refractivity contribution >= 4 is 23.5 Å². The van der Waals surface area contributed by atoms with E-state index in [1.54, 1.807) is 41.0 Å². The van der Waals surface area contributed by atoms with Crippen LogP contribution in [-0.2, 0) is 16.0 Å². The summed E-state index contributed by atoms with van der Waals surface area (Å²) >= 11 is 0. The van der Waals surface area contributed by atoms with Gasteiger partial charge in [-0.1, -0.05) is 30.3 Å². The largest absolute Gasteiger partial charge is 0.497 e. The highest BCUT2D eigenvalue weighted by Crippen LogP contribution is 2.36. The Morgan fingerprint density at radius 1 is 1.10 bits per heavy atom. The average Bonchev–Trinajstić information content (AvgIpc) is 2.93. The molecule has 1 atom stereocenters. The van der Waals surface area contributed by atoms with E-state index in [-0.39, 0.29) is 5.69 Å². The molecular weight excluding hydrogens is 391 g/mol. The lowest BCUT2D eigenvalue weighted by molar-refractivity contribution is -0.201. The molecule has 1 heterocycles. The third kappa shape index (κ3) is 3.73. The van der Waals surface area contributed by atoms with Gasteiger partial charge in [0.15, 0.2) is 0 Å². The van der Waals surface area contributed by atoms with Crippen molar-refractivity contribution in [3.8, 4) is 5.75 Å². The highest BCUT2D eigenvalue weighted by Gasteiger charge is 2.69. The summed E-state index contributed by atoms with van der Waals surface area (Å²) < 4.78 is 46.5. The Labute approximate surface area is 163 Å². The number of benzene rings is 2. The summed E-state index contributed by atoms with van der Waals surface area (Å²) in [5, 5.41) is 3.27. The molecule has 0 radical (unpaired) electrons. The van der Waals surface area contributed by atoms with Gasteiger partial charge in [-0.05, 0) is 29.8 Å². The standard InChI is InChI=1S/C19H16F3N3O4/c1-29-14-9-7-13(8-10-14)25-16(27)18(19(20,21)22,24-17(25)28)23-15(26)11-12-5-3-2-4-6-12/h2-10H,11H2,1H3,(H,23,26)(H,24,28)/t18-/m1/s1. The van der Waals surface area contributed by atoms with Gasteiger partial charge in [0.25, 0.3) is 11.6 Å². The second kappa shape index (κ2) is 7.46. The smallest absolute Gasteiger partial charge is 0.440 e. The maximum Gasteiger partial charge on any atom is 0.440 e. The highest BCUT2D eigenvalue weighted by atomic mass is 19.4. The van der Waals surface area contributed by atoms with Crippen LogP contribution in [0.3, 0.4) is 0 Å². The number of halogens is 3. The number of carbonyl (C=O) groups is 3. The SMILES string of the molecule is COc1ccc(N2C(=O)N[C@@](NC(=O)Cc3ccccc3)(C(F)(F)F)C2=O)cc1. The fourth-order valence-electron chi connectivity index (χ4n) is 2.88. The van der Waals surface area contributed by atoms with Crippen molar-refractivity contribution in [3.05, 3.63) is 60.2 Å². The summed E-state index contributed by atoms with van der Waals surface area (Å²) in [6.07, 6.45) is -5.67. The lowest BCUT2D eigenvalue weighted by Crippen LogP contribution is -2.69. The molecule has 0 spiro atoms. The molecule has 10 heteroatoms. The Balaban J connectivity index is 1.90. The number of rotatable bonds is 5. The van der Waals surface area contributed by atoms with Gasteiger partial charge >= 0.3 is 12.2 Å². The zero-order valence-electron chi connectivity index (χ0n) is 15.1. The average molecular weight is 407 g/mol. The van der Waals surface area contributed by atoms with Crippen molar-refractivity contribution in [1.82, 2.24) is 10.6 Å². The summed E-state index contributed by atoms with van der Waals surface area (Å²) in [5.41, 5.74) is -3.21. The number of imide groups is 1. The molecule has 1 aliphatic rings. The quantitative estimate of drug-likeness (QED) is 0.745. The molecule has 3 rings (SSSR count). The van der Waals surface area contributed by atoms with Crippen molar-refractivity contribution in [3.63, 3.8) is 0 Å². The molecule has 7 nitrogen and oxygen atoms in total. The van der Waals surface area contributed by atoms with Crippen LogP contribution in [0.1, 0.15) is 5.56 Å². The van der Waals surface area contributed by atoms with E-state index in [1.807, 2.05) is 0 Å². The Morgan fingerprint density at radius 3 is 2.28 bits per heavy atom. The first-order chi connectivity index (χ1) is 13.7. The monoisotopic (exact) mass is 407 g/mol. The minimum absolute atomic E-state index is 0.100. The maximum atomic E-state index is 13.8. The van der Waals surface area contributed by atoms with Gasteiger partial charge < -0.3 is 10.1 Å². The lowest BCUT2D eigenvalue weighted by Gasteiger charge is -2.29. The number of nitrogens with zero attached hydrogens (tertiary/aromatic N) is 1. The van der Waals surface area contributed by atoms with Crippen molar-refractivity contribution in [2.45, 2.75) is 18.3 Å². The minimum Gasteiger partial charge on any atom is -0.497 e. The molecule has 4 amide bonds. The number of alkyl halides is 3. The normalized spacial score (nSPS) is 19.1. The zero-order chi connectivity index (χ0) is 21.2. The Morgan fingerprint density at radius 2 is 1.72 bits per heavy atom. The van der Waals surface area contributed by atoms with E-state index in [2.05, 4.69) is 0 Å². The van der Waals surface area contributed by atoms with Crippen LogP contribution >= 0.6 is 0 Å². The summed E-state index contributed by atoms with van der Waals surface area (Å²) in [5.74, 6) is -2.33. The number of urea groups is 1. The second-order valence-electron chi connectivity index (χ2n) is 6.23. The maximum absolute atomic E-state index is 13.8. The first-order valence-electron chi connectivity index (χ1n) is 8.40. The van der Waals surface area contributed by atoms with Crippen LogP contribution in [0, 0.1) is 0 Å². The van der Waals surface area contributed by atoms with Crippen LogP contribution in [0.4, 0.5) is 23.7 Å². The van der Waals surface area contributed by atoms with E-state index >= 15 is 0 Å². The number of ether oxygens (including phenoxy) is 1. The lowest BCUT2D eigenvalue weighted by atomic mass is 10.1. The van der Waals surface area contributed by atoms with E-state index in [0.29, 0.717) is 16.2 Å². The Kier molecular flexibility index (Phi) is 5.19. The fourth-order valence-corrected chi connectivity index (χ4v) is 2.88. The van der Waals surface area contributed by atoms with Crippen LogP contribution in [0.15, 0.2) is 54.6 Å². The van der Waals surface area contributed by atoms with Crippen LogP contribution in [0.2, 0.25) is 0 Å². The van der Waals surface area contributed by atoms with Gasteiger partial charge in [0.05, 0.1) is 19.2 Å². The van der Waals surface area contributed by atoms with Crippen molar-refractivity contribution in [2.24, 2.45) is 0 Å². The van der Waals surface area contributed by atoms with E-state index in [9.17, 15) is 27.6 Å². The summed E-state index contributed by atoms with van der Waals surface area (Å²) in [4.78, 5) is 37.5. The number of carbonyl (C=O) groups excluding carboxylic acids is 3. The topological polar surface area (TPSA) is 87.7 Å². The first kappa shape index (κ1) is 20.2. The van der Waals surface area contributed by atoms with Crippen LogP contribution in [0.5, 0.6) is 5.75 Å². The predicted octanol–water partition coefficient (Wildman–Crippen LogP) is 2.37. The molecule has 152 valence electrons. The second-order valence-corrected chi connectivity index (χ2v) is 6.23.